The highest BCUT2D eigenvalue weighted by atomic mass is 35.5. The van der Waals surface area contributed by atoms with E-state index in [-0.39, 0.29) is 0 Å². The van der Waals surface area contributed by atoms with E-state index in [2.05, 4.69) is 46.9 Å². The molecule has 0 radical (unpaired) electrons. The van der Waals surface area contributed by atoms with Crippen LogP contribution in [0, 0.1) is 5.92 Å². The van der Waals surface area contributed by atoms with Crippen LogP contribution in [-0.4, -0.2) is 55.4 Å². The number of benzene rings is 1. The van der Waals surface area contributed by atoms with Crippen LogP contribution < -0.4 is 4.90 Å². The zero-order valence-electron chi connectivity index (χ0n) is 14.5. The van der Waals surface area contributed by atoms with Crippen molar-refractivity contribution in [3.05, 3.63) is 35.0 Å². The minimum atomic E-state index is 0.648. The summed E-state index contributed by atoms with van der Waals surface area (Å²) < 4.78 is 0. The van der Waals surface area contributed by atoms with Crippen molar-refractivity contribution in [3.63, 3.8) is 0 Å². The molecule has 4 rings (SSSR count). The minimum Gasteiger partial charge on any atom is -0.352 e. The summed E-state index contributed by atoms with van der Waals surface area (Å²) in [5.41, 5.74) is 3.48. The lowest BCUT2D eigenvalue weighted by molar-refractivity contribution is 0.215. The maximum Gasteiger partial charge on any atom is 0.153 e. The Morgan fingerprint density at radius 3 is 2.71 bits per heavy atom. The summed E-state index contributed by atoms with van der Waals surface area (Å²) in [5, 5.41) is 0.781. The number of amidine groups is 1. The number of allylic oxidation sites excluding steroid dienone is 1. The molecule has 1 fully saturated rings. The molecular formula is C19H25ClN4. The van der Waals surface area contributed by atoms with Crippen molar-refractivity contribution in [3.8, 4) is 0 Å². The highest BCUT2D eigenvalue weighted by molar-refractivity contribution is 6.31. The predicted octanol–water partition coefficient (Wildman–Crippen LogP) is 3.75. The Morgan fingerprint density at radius 1 is 1.17 bits per heavy atom. The maximum absolute atomic E-state index is 6.25. The van der Waals surface area contributed by atoms with Crippen LogP contribution in [0.3, 0.4) is 0 Å². The molecule has 0 N–H and O–H groups in total. The normalized spacial score (nSPS) is 24.2. The first kappa shape index (κ1) is 16.0. The molecule has 1 unspecified atom stereocenters. The van der Waals surface area contributed by atoms with Gasteiger partial charge in [0.2, 0.25) is 0 Å². The molecule has 0 aromatic heterocycles. The topological polar surface area (TPSA) is 22.1 Å². The van der Waals surface area contributed by atoms with Gasteiger partial charge in [-0.1, -0.05) is 24.6 Å². The molecule has 0 saturated carbocycles. The van der Waals surface area contributed by atoms with Crippen molar-refractivity contribution in [2.45, 2.75) is 19.8 Å². The fourth-order valence-corrected chi connectivity index (χ4v) is 3.98. The highest BCUT2D eigenvalue weighted by Crippen LogP contribution is 2.41. The van der Waals surface area contributed by atoms with Crippen LogP contribution in [0.1, 0.15) is 19.8 Å². The molecule has 1 aromatic rings. The van der Waals surface area contributed by atoms with Crippen LogP contribution in [-0.2, 0) is 0 Å². The molecule has 24 heavy (non-hydrogen) atoms. The number of hydrogen-bond acceptors (Lipinski definition) is 4. The zero-order chi connectivity index (χ0) is 16.7. The Kier molecular flexibility index (Phi) is 4.27. The van der Waals surface area contributed by atoms with Crippen LogP contribution in [0.15, 0.2) is 35.0 Å². The number of rotatable bonds is 1. The van der Waals surface area contributed by atoms with Gasteiger partial charge in [-0.2, -0.15) is 0 Å². The highest BCUT2D eigenvalue weighted by Gasteiger charge is 2.32. The van der Waals surface area contributed by atoms with Crippen molar-refractivity contribution in [2.75, 3.05) is 44.7 Å². The van der Waals surface area contributed by atoms with Crippen molar-refractivity contribution < 1.29 is 0 Å². The average molecular weight is 345 g/mol. The SMILES string of the molecule is CCC1C=C2C(N3CCN(C)CC3)=Nc3ccc(Cl)cc3N2CC1. The molecule has 1 saturated heterocycles. The summed E-state index contributed by atoms with van der Waals surface area (Å²) in [4.78, 5) is 12.3. The zero-order valence-corrected chi connectivity index (χ0v) is 15.3. The summed E-state index contributed by atoms with van der Waals surface area (Å²) in [6.45, 7) is 7.59. The second kappa shape index (κ2) is 6.41. The van der Waals surface area contributed by atoms with Gasteiger partial charge in [0.15, 0.2) is 5.84 Å². The van der Waals surface area contributed by atoms with Crippen LogP contribution in [0.25, 0.3) is 0 Å². The van der Waals surface area contributed by atoms with E-state index in [9.17, 15) is 0 Å². The lowest BCUT2D eigenvalue weighted by Gasteiger charge is -2.42. The number of piperazine rings is 1. The minimum absolute atomic E-state index is 0.648. The quantitative estimate of drug-likeness (QED) is 0.774. The molecule has 0 amide bonds. The van der Waals surface area contributed by atoms with E-state index in [1.165, 1.54) is 18.5 Å². The van der Waals surface area contributed by atoms with Gasteiger partial charge in [-0.15, -0.1) is 0 Å². The Morgan fingerprint density at radius 2 is 1.96 bits per heavy atom. The van der Waals surface area contributed by atoms with Gasteiger partial charge in [0.25, 0.3) is 0 Å². The van der Waals surface area contributed by atoms with Gasteiger partial charge in [0, 0.05) is 37.7 Å². The number of halogens is 1. The number of anilines is 1. The fourth-order valence-electron chi connectivity index (χ4n) is 3.81. The molecular weight excluding hydrogens is 320 g/mol. The van der Waals surface area contributed by atoms with E-state index in [0.717, 1.165) is 55.0 Å². The second-order valence-electron chi connectivity index (χ2n) is 7.02. The van der Waals surface area contributed by atoms with Gasteiger partial charge in [-0.25, -0.2) is 4.99 Å². The van der Waals surface area contributed by atoms with Crippen molar-refractivity contribution in [1.82, 2.24) is 9.80 Å². The van der Waals surface area contributed by atoms with Gasteiger partial charge in [0.05, 0.1) is 17.1 Å². The smallest absolute Gasteiger partial charge is 0.153 e. The predicted molar refractivity (Wildman–Crippen MR) is 101 cm³/mol. The summed E-state index contributed by atoms with van der Waals surface area (Å²) in [7, 11) is 2.19. The van der Waals surface area contributed by atoms with Gasteiger partial charge in [-0.3, -0.25) is 0 Å². The first-order chi connectivity index (χ1) is 11.7. The number of hydrogen-bond donors (Lipinski definition) is 0. The van der Waals surface area contributed by atoms with Crippen LogP contribution in [0.5, 0.6) is 0 Å². The molecule has 0 aliphatic carbocycles. The molecule has 1 aromatic carbocycles. The molecule has 128 valence electrons. The second-order valence-corrected chi connectivity index (χ2v) is 7.46. The molecule has 5 heteroatoms. The van der Waals surface area contributed by atoms with Gasteiger partial charge in [0.1, 0.15) is 0 Å². The monoisotopic (exact) mass is 344 g/mol. The van der Waals surface area contributed by atoms with E-state index < -0.39 is 0 Å². The molecule has 3 aliphatic rings. The largest absolute Gasteiger partial charge is 0.352 e. The average Bonchev–Trinajstić information content (AvgIpc) is 2.61. The molecule has 4 nitrogen and oxygen atoms in total. The van der Waals surface area contributed by atoms with E-state index >= 15 is 0 Å². The number of fused-ring (bicyclic) bond motifs is 3. The van der Waals surface area contributed by atoms with Crippen LogP contribution in [0.2, 0.25) is 5.02 Å². The summed E-state index contributed by atoms with van der Waals surface area (Å²) >= 11 is 6.25. The molecule has 0 spiro atoms. The standard InChI is InChI=1S/C19H25ClN4/c1-3-14-6-7-24-17-13-15(20)4-5-16(17)21-19(18(24)12-14)23-10-8-22(2)9-11-23/h4-5,12-14H,3,6-11H2,1-2H3. The third-order valence-corrected chi connectivity index (χ3v) is 5.65. The van der Waals surface area contributed by atoms with Gasteiger partial charge < -0.3 is 14.7 Å². The number of likely N-dealkylation sites (N-methyl/N-ethyl adjacent to an activating group) is 1. The van der Waals surface area contributed by atoms with Crippen molar-refractivity contribution in [1.29, 1.82) is 0 Å². The molecule has 3 heterocycles. The molecule has 3 aliphatic heterocycles. The van der Waals surface area contributed by atoms with E-state index in [0.29, 0.717) is 5.92 Å². The maximum atomic E-state index is 6.25. The van der Waals surface area contributed by atoms with Crippen molar-refractivity contribution >= 4 is 28.8 Å². The lowest BCUT2D eigenvalue weighted by Crippen LogP contribution is -2.50. The third-order valence-electron chi connectivity index (χ3n) is 5.42. The summed E-state index contributed by atoms with van der Waals surface area (Å²) in [6, 6.07) is 6.05. The van der Waals surface area contributed by atoms with E-state index in [4.69, 9.17) is 16.6 Å². The van der Waals surface area contributed by atoms with Crippen molar-refractivity contribution in [2.24, 2.45) is 10.9 Å². The first-order valence-electron chi connectivity index (χ1n) is 8.97. The summed E-state index contributed by atoms with van der Waals surface area (Å²) in [5.74, 6) is 1.80. The van der Waals surface area contributed by atoms with E-state index in [1.54, 1.807) is 0 Å². The first-order valence-corrected chi connectivity index (χ1v) is 9.35. The Bertz CT molecular complexity index is 689. The lowest BCUT2D eigenvalue weighted by atomic mass is 9.94. The number of aliphatic imine (C=N–C) groups is 1. The fraction of sp³-hybridized carbons (Fsp3) is 0.526. The molecule has 0 bridgehead atoms. The van der Waals surface area contributed by atoms with Gasteiger partial charge in [-0.05, 0) is 44.0 Å². The number of nitrogens with zero attached hydrogens (tertiary/aromatic N) is 4. The van der Waals surface area contributed by atoms with E-state index in [1.807, 2.05) is 6.07 Å². The Labute approximate surface area is 149 Å². The Hall–Kier alpha value is -1.52. The summed E-state index contributed by atoms with van der Waals surface area (Å²) in [6.07, 6.45) is 4.82. The Balaban J connectivity index is 1.77. The van der Waals surface area contributed by atoms with Crippen LogP contribution in [0.4, 0.5) is 11.4 Å². The molecule has 1 atom stereocenters. The third kappa shape index (κ3) is 2.82. The van der Waals surface area contributed by atoms with Gasteiger partial charge >= 0.3 is 0 Å². The van der Waals surface area contributed by atoms with Crippen LogP contribution >= 0.6 is 11.6 Å².